The van der Waals surface area contributed by atoms with Crippen molar-refractivity contribution in [3.8, 4) is 0 Å². The molecule has 5 nitrogen and oxygen atoms in total. The Labute approximate surface area is 108 Å². The summed E-state index contributed by atoms with van der Waals surface area (Å²) in [5, 5.41) is 5.90. The Kier molecular flexibility index (Phi) is 5.30. The second-order valence-electron chi connectivity index (χ2n) is 4.25. The lowest BCUT2D eigenvalue weighted by Crippen LogP contribution is -2.14. The van der Waals surface area contributed by atoms with Gasteiger partial charge >= 0.3 is 0 Å². The highest BCUT2D eigenvalue weighted by Crippen LogP contribution is 2.11. The number of hydrazone groups is 1. The number of anilines is 1. The predicted molar refractivity (Wildman–Crippen MR) is 73.5 cm³/mol. The molecule has 0 saturated carbocycles. The van der Waals surface area contributed by atoms with E-state index in [1.54, 1.807) is 18.1 Å². The molecule has 1 aromatic rings. The van der Waals surface area contributed by atoms with E-state index in [1.165, 1.54) is 0 Å². The van der Waals surface area contributed by atoms with Crippen molar-refractivity contribution < 1.29 is 13.0 Å². The number of nitrogens with zero attached hydrogens (tertiary/aromatic N) is 2. The summed E-state index contributed by atoms with van der Waals surface area (Å²) in [5.41, 5.74) is 0.955. The van der Waals surface area contributed by atoms with Gasteiger partial charge in [0.1, 0.15) is 0 Å². The molecule has 1 aromatic carbocycles. The standard InChI is InChI=1S/C12H18N2O3S/c1-11(10-18(15,16)17)8-9-13-14(2)12-6-4-3-5-7-12/h3-7,9,11H,8,10H2,1-2H3,(H,15,16,17). The number of hydrogen-bond donors (Lipinski definition) is 1. The van der Waals surface area contributed by atoms with Crippen LogP contribution in [0.15, 0.2) is 35.4 Å². The minimum Gasteiger partial charge on any atom is -0.286 e. The molecule has 0 heterocycles. The highest BCUT2D eigenvalue weighted by atomic mass is 32.2. The molecule has 0 amide bonds. The van der Waals surface area contributed by atoms with Crippen molar-refractivity contribution in [2.45, 2.75) is 13.3 Å². The van der Waals surface area contributed by atoms with Crippen LogP contribution in [0.5, 0.6) is 0 Å². The molecular formula is C12H18N2O3S. The molecule has 1 N–H and O–H groups in total. The van der Waals surface area contributed by atoms with Crippen molar-refractivity contribution in [3.05, 3.63) is 30.3 Å². The van der Waals surface area contributed by atoms with Crippen LogP contribution in [0.2, 0.25) is 0 Å². The molecule has 0 spiro atoms. The van der Waals surface area contributed by atoms with Gasteiger partial charge in [0.2, 0.25) is 0 Å². The Hall–Kier alpha value is -1.40. The van der Waals surface area contributed by atoms with Gasteiger partial charge in [0.25, 0.3) is 10.1 Å². The maximum Gasteiger partial charge on any atom is 0.265 e. The van der Waals surface area contributed by atoms with Crippen molar-refractivity contribution in [2.24, 2.45) is 11.0 Å². The summed E-state index contributed by atoms with van der Waals surface area (Å²) in [6.07, 6.45) is 2.15. The van der Waals surface area contributed by atoms with Crippen LogP contribution in [0, 0.1) is 5.92 Å². The van der Waals surface area contributed by atoms with E-state index in [-0.39, 0.29) is 11.7 Å². The fourth-order valence-electron chi connectivity index (χ4n) is 1.49. The summed E-state index contributed by atoms with van der Waals surface area (Å²) in [7, 11) is -2.08. The molecule has 0 aliphatic heterocycles. The third-order valence-corrected chi connectivity index (χ3v) is 3.38. The van der Waals surface area contributed by atoms with Crippen LogP contribution in [0.4, 0.5) is 5.69 Å². The first-order valence-corrected chi connectivity index (χ1v) is 7.26. The zero-order valence-corrected chi connectivity index (χ0v) is 11.3. The highest BCUT2D eigenvalue weighted by Gasteiger charge is 2.10. The maximum atomic E-state index is 10.7. The van der Waals surface area contributed by atoms with Crippen molar-refractivity contribution in [1.82, 2.24) is 0 Å². The molecule has 100 valence electrons. The van der Waals surface area contributed by atoms with Crippen LogP contribution in [-0.2, 0) is 10.1 Å². The normalized spacial score (nSPS) is 13.7. The number of benzene rings is 1. The van der Waals surface area contributed by atoms with Crippen molar-refractivity contribution >= 4 is 22.0 Å². The molecule has 0 radical (unpaired) electrons. The van der Waals surface area contributed by atoms with E-state index in [2.05, 4.69) is 5.10 Å². The van der Waals surface area contributed by atoms with Crippen molar-refractivity contribution in [1.29, 1.82) is 0 Å². The predicted octanol–water partition coefficient (Wildman–Crippen LogP) is 2.02. The second-order valence-corrected chi connectivity index (χ2v) is 5.74. The van der Waals surface area contributed by atoms with E-state index in [1.807, 2.05) is 37.4 Å². The topological polar surface area (TPSA) is 70.0 Å². The lowest BCUT2D eigenvalue weighted by Gasteiger charge is -2.12. The Morgan fingerprint density at radius 1 is 1.39 bits per heavy atom. The van der Waals surface area contributed by atoms with Crippen molar-refractivity contribution in [2.75, 3.05) is 17.8 Å². The maximum absolute atomic E-state index is 10.7. The lowest BCUT2D eigenvalue weighted by molar-refractivity contribution is 0.471. The molecule has 1 rings (SSSR count). The van der Waals surface area contributed by atoms with Crippen LogP contribution in [0.25, 0.3) is 0 Å². The molecule has 0 bridgehead atoms. The van der Waals surface area contributed by atoms with Gasteiger partial charge in [-0.2, -0.15) is 13.5 Å². The summed E-state index contributed by atoms with van der Waals surface area (Å²) >= 11 is 0. The van der Waals surface area contributed by atoms with Crippen LogP contribution in [-0.4, -0.2) is 32.0 Å². The molecular weight excluding hydrogens is 252 g/mol. The lowest BCUT2D eigenvalue weighted by atomic mass is 10.1. The Bertz CT molecular complexity index is 485. The van der Waals surface area contributed by atoms with E-state index >= 15 is 0 Å². The molecule has 1 atom stereocenters. The third kappa shape index (κ3) is 5.79. The SMILES string of the molecule is CC(CC=NN(C)c1ccccc1)CS(=O)(=O)O. The summed E-state index contributed by atoms with van der Waals surface area (Å²) in [6.45, 7) is 1.75. The van der Waals surface area contributed by atoms with E-state index in [0.29, 0.717) is 6.42 Å². The van der Waals surface area contributed by atoms with Crippen LogP contribution < -0.4 is 5.01 Å². The second kappa shape index (κ2) is 6.51. The fraction of sp³-hybridized carbons (Fsp3) is 0.417. The largest absolute Gasteiger partial charge is 0.286 e. The molecule has 1 unspecified atom stereocenters. The number of para-hydroxylation sites is 1. The first-order chi connectivity index (χ1) is 8.38. The quantitative estimate of drug-likeness (QED) is 0.488. The van der Waals surface area contributed by atoms with Crippen LogP contribution in [0.3, 0.4) is 0 Å². The summed E-state index contributed by atoms with van der Waals surface area (Å²) in [6, 6.07) is 9.62. The van der Waals surface area contributed by atoms with Crippen molar-refractivity contribution in [3.63, 3.8) is 0 Å². The monoisotopic (exact) mass is 270 g/mol. The minimum absolute atomic E-state index is 0.159. The van der Waals surface area contributed by atoms with E-state index in [0.717, 1.165) is 5.69 Å². The fourth-order valence-corrected chi connectivity index (χ4v) is 2.34. The van der Waals surface area contributed by atoms with Gasteiger partial charge in [-0.15, -0.1) is 0 Å². The van der Waals surface area contributed by atoms with E-state index in [9.17, 15) is 8.42 Å². The average molecular weight is 270 g/mol. The van der Waals surface area contributed by atoms with Gasteiger partial charge in [0.05, 0.1) is 11.4 Å². The van der Waals surface area contributed by atoms with Gasteiger partial charge in [-0.25, -0.2) is 0 Å². The minimum atomic E-state index is -3.90. The molecule has 18 heavy (non-hydrogen) atoms. The number of rotatable bonds is 6. The first-order valence-electron chi connectivity index (χ1n) is 5.65. The highest BCUT2D eigenvalue weighted by molar-refractivity contribution is 7.85. The zero-order valence-electron chi connectivity index (χ0n) is 10.5. The summed E-state index contributed by atoms with van der Waals surface area (Å²) in [5.74, 6) is -0.401. The summed E-state index contributed by atoms with van der Waals surface area (Å²) in [4.78, 5) is 0. The van der Waals surface area contributed by atoms with E-state index < -0.39 is 10.1 Å². The Balaban J connectivity index is 2.46. The smallest absolute Gasteiger partial charge is 0.265 e. The van der Waals surface area contributed by atoms with Gasteiger partial charge in [-0.05, 0) is 24.5 Å². The third-order valence-electron chi connectivity index (χ3n) is 2.39. The zero-order chi connectivity index (χ0) is 13.6. The number of hydrogen-bond acceptors (Lipinski definition) is 4. The average Bonchev–Trinajstić information content (AvgIpc) is 2.27. The first kappa shape index (κ1) is 14.7. The summed E-state index contributed by atoms with van der Waals surface area (Å²) < 4.78 is 30.0. The van der Waals surface area contributed by atoms with E-state index in [4.69, 9.17) is 4.55 Å². The van der Waals surface area contributed by atoms with Gasteiger partial charge in [0, 0.05) is 13.3 Å². The Morgan fingerprint density at radius 3 is 2.56 bits per heavy atom. The molecule has 0 aromatic heterocycles. The molecule has 0 saturated heterocycles. The van der Waals surface area contributed by atoms with Gasteiger partial charge < -0.3 is 0 Å². The van der Waals surface area contributed by atoms with Gasteiger partial charge in [-0.1, -0.05) is 25.1 Å². The molecule has 0 aliphatic rings. The molecule has 6 heteroatoms. The molecule has 0 fully saturated rings. The van der Waals surface area contributed by atoms with Gasteiger partial charge in [0.15, 0.2) is 0 Å². The van der Waals surface area contributed by atoms with Gasteiger partial charge in [-0.3, -0.25) is 9.56 Å². The molecule has 0 aliphatic carbocycles. The van der Waals surface area contributed by atoms with Crippen LogP contribution >= 0.6 is 0 Å². The van der Waals surface area contributed by atoms with Crippen LogP contribution in [0.1, 0.15) is 13.3 Å². The Morgan fingerprint density at radius 2 is 2.00 bits per heavy atom.